The zero-order valence-corrected chi connectivity index (χ0v) is 15.9. The van der Waals surface area contributed by atoms with Gasteiger partial charge in [-0.05, 0) is 37.9 Å². The van der Waals surface area contributed by atoms with Crippen LogP contribution in [0.1, 0.15) is 31.4 Å². The summed E-state index contributed by atoms with van der Waals surface area (Å²) in [6, 6.07) is 12.8. The standard InChI is InChI=1S/C22H24N2O4/c1-14(25)23-13-15-9-11-24(12-10-15)20(22(26)27)18-7-4-6-17-16-5-2-3-8-19(16)28-21(17)18/h2-8,15,20H,9-13H2,1H3,(H,23,25)(H,26,27)/t20-/m0/s1. The summed E-state index contributed by atoms with van der Waals surface area (Å²) >= 11 is 0. The average molecular weight is 380 g/mol. The van der Waals surface area contributed by atoms with Gasteiger partial charge in [0.1, 0.15) is 17.2 Å². The number of nitrogens with zero attached hydrogens (tertiary/aromatic N) is 1. The zero-order chi connectivity index (χ0) is 19.7. The van der Waals surface area contributed by atoms with Crippen LogP contribution in [0.4, 0.5) is 0 Å². The van der Waals surface area contributed by atoms with Gasteiger partial charge in [0, 0.05) is 29.8 Å². The number of benzene rings is 2. The number of piperidine rings is 1. The summed E-state index contributed by atoms with van der Waals surface area (Å²) in [6.45, 7) is 3.53. The highest BCUT2D eigenvalue weighted by molar-refractivity contribution is 6.06. The van der Waals surface area contributed by atoms with E-state index in [1.807, 2.05) is 47.4 Å². The second-order valence-corrected chi connectivity index (χ2v) is 7.48. The van der Waals surface area contributed by atoms with E-state index in [0.29, 0.717) is 36.7 Å². The Kier molecular flexibility index (Phi) is 5.05. The molecule has 4 rings (SSSR count). The first kappa shape index (κ1) is 18.5. The van der Waals surface area contributed by atoms with Gasteiger partial charge in [-0.3, -0.25) is 14.5 Å². The number of carboxylic acid groups (broad SMARTS) is 1. The molecule has 0 saturated carbocycles. The number of carboxylic acids is 1. The molecule has 0 unspecified atom stereocenters. The number of hydrogen-bond acceptors (Lipinski definition) is 4. The van der Waals surface area contributed by atoms with E-state index in [4.69, 9.17) is 4.42 Å². The van der Waals surface area contributed by atoms with E-state index in [-0.39, 0.29) is 5.91 Å². The van der Waals surface area contributed by atoms with Crippen LogP contribution in [0.15, 0.2) is 46.9 Å². The lowest BCUT2D eigenvalue weighted by Crippen LogP contribution is -2.42. The molecule has 1 saturated heterocycles. The number of likely N-dealkylation sites (tertiary alicyclic amines) is 1. The third kappa shape index (κ3) is 3.47. The minimum atomic E-state index is -0.867. The number of amides is 1. The molecule has 0 radical (unpaired) electrons. The first-order valence-corrected chi connectivity index (χ1v) is 9.66. The van der Waals surface area contributed by atoms with Crippen LogP contribution in [-0.4, -0.2) is 41.5 Å². The molecule has 28 heavy (non-hydrogen) atoms. The van der Waals surface area contributed by atoms with Crippen molar-refractivity contribution in [1.82, 2.24) is 10.2 Å². The van der Waals surface area contributed by atoms with Crippen molar-refractivity contribution in [2.45, 2.75) is 25.8 Å². The maximum Gasteiger partial charge on any atom is 0.325 e. The van der Waals surface area contributed by atoms with Crippen LogP contribution in [0, 0.1) is 5.92 Å². The van der Waals surface area contributed by atoms with Crippen LogP contribution in [0.25, 0.3) is 21.9 Å². The lowest BCUT2D eigenvalue weighted by Gasteiger charge is -2.35. The van der Waals surface area contributed by atoms with Crippen molar-refractivity contribution in [3.05, 3.63) is 48.0 Å². The van der Waals surface area contributed by atoms with Crippen LogP contribution in [0.2, 0.25) is 0 Å². The predicted octanol–water partition coefficient (Wildman–Crippen LogP) is 3.56. The normalized spacial score (nSPS) is 17.0. The first-order chi connectivity index (χ1) is 13.5. The van der Waals surface area contributed by atoms with Crippen molar-refractivity contribution < 1.29 is 19.1 Å². The number of aliphatic carboxylic acids is 1. The molecule has 0 aliphatic carbocycles. The summed E-state index contributed by atoms with van der Waals surface area (Å²) < 4.78 is 6.05. The summed E-state index contributed by atoms with van der Waals surface area (Å²) in [5.74, 6) is -0.507. The predicted molar refractivity (Wildman–Crippen MR) is 107 cm³/mol. The third-order valence-corrected chi connectivity index (χ3v) is 5.62. The van der Waals surface area contributed by atoms with Gasteiger partial charge in [-0.2, -0.15) is 0 Å². The summed E-state index contributed by atoms with van der Waals surface area (Å²) in [4.78, 5) is 25.3. The van der Waals surface area contributed by atoms with Crippen LogP contribution in [-0.2, 0) is 9.59 Å². The molecule has 6 nitrogen and oxygen atoms in total. The monoisotopic (exact) mass is 380 g/mol. The zero-order valence-electron chi connectivity index (χ0n) is 15.9. The highest BCUT2D eigenvalue weighted by atomic mass is 16.4. The molecule has 1 atom stereocenters. The number of carbonyl (C=O) groups excluding carboxylic acids is 1. The van der Waals surface area contributed by atoms with Gasteiger partial charge in [0.15, 0.2) is 0 Å². The SMILES string of the molecule is CC(=O)NCC1CCN([C@H](C(=O)O)c2cccc3c2oc2ccccc23)CC1. The molecule has 1 aliphatic heterocycles. The maximum absolute atomic E-state index is 12.2. The topological polar surface area (TPSA) is 82.8 Å². The molecule has 1 amide bonds. The summed E-state index contributed by atoms with van der Waals surface area (Å²) in [5, 5.41) is 14.8. The van der Waals surface area contributed by atoms with Gasteiger partial charge in [0.2, 0.25) is 5.91 Å². The summed E-state index contributed by atoms with van der Waals surface area (Å²) in [7, 11) is 0. The average Bonchev–Trinajstić information content (AvgIpc) is 3.07. The Labute approximate surface area is 163 Å². The summed E-state index contributed by atoms with van der Waals surface area (Å²) in [6.07, 6.45) is 1.72. The number of para-hydroxylation sites is 2. The number of nitrogens with one attached hydrogen (secondary N) is 1. The van der Waals surface area contributed by atoms with Crippen molar-refractivity contribution in [3.8, 4) is 0 Å². The quantitative estimate of drug-likeness (QED) is 0.707. The highest BCUT2D eigenvalue weighted by Crippen LogP contribution is 2.36. The fourth-order valence-corrected chi connectivity index (χ4v) is 4.17. The fraction of sp³-hybridized carbons (Fsp3) is 0.364. The van der Waals surface area contributed by atoms with Crippen molar-refractivity contribution in [2.75, 3.05) is 19.6 Å². The maximum atomic E-state index is 12.2. The van der Waals surface area contributed by atoms with Gasteiger partial charge in [-0.15, -0.1) is 0 Å². The van der Waals surface area contributed by atoms with E-state index in [1.54, 1.807) is 0 Å². The molecular formula is C22H24N2O4. The molecule has 0 spiro atoms. The van der Waals surface area contributed by atoms with E-state index in [1.165, 1.54) is 6.92 Å². The van der Waals surface area contributed by atoms with Crippen LogP contribution in [0.3, 0.4) is 0 Å². The van der Waals surface area contributed by atoms with E-state index < -0.39 is 12.0 Å². The molecule has 6 heteroatoms. The van der Waals surface area contributed by atoms with Gasteiger partial charge >= 0.3 is 5.97 Å². The second-order valence-electron chi connectivity index (χ2n) is 7.48. The number of hydrogen-bond donors (Lipinski definition) is 2. The molecule has 2 aromatic carbocycles. The fourth-order valence-electron chi connectivity index (χ4n) is 4.17. The molecular weight excluding hydrogens is 356 g/mol. The molecule has 1 fully saturated rings. The van der Waals surface area contributed by atoms with Gasteiger partial charge in [-0.1, -0.05) is 36.4 Å². The highest BCUT2D eigenvalue weighted by Gasteiger charge is 2.33. The van der Waals surface area contributed by atoms with E-state index in [0.717, 1.165) is 29.2 Å². The molecule has 0 bridgehead atoms. The third-order valence-electron chi connectivity index (χ3n) is 5.62. The Hall–Kier alpha value is -2.86. The van der Waals surface area contributed by atoms with Gasteiger partial charge in [-0.25, -0.2) is 0 Å². The number of carbonyl (C=O) groups is 2. The Morgan fingerprint density at radius 3 is 2.57 bits per heavy atom. The smallest absolute Gasteiger partial charge is 0.325 e. The molecule has 2 N–H and O–H groups in total. The lowest BCUT2D eigenvalue weighted by molar-refractivity contribution is -0.144. The molecule has 3 aromatic rings. The lowest BCUT2D eigenvalue weighted by atomic mass is 9.93. The van der Waals surface area contributed by atoms with Gasteiger partial charge in [0.05, 0.1) is 0 Å². The summed E-state index contributed by atoms with van der Waals surface area (Å²) in [5.41, 5.74) is 2.11. The Bertz CT molecular complexity index is 1020. The Morgan fingerprint density at radius 1 is 1.14 bits per heavy atom. The number of fused-ring (bicyclic) bond motifs is 3. The molecule has 1 aliphatic rings. The molecule has 146 valence electrons. The number of furan rings is 1. The van der Waals surface area contributed by atoms with Crippen molar-refractivity contribution >= 4 is 33.8 Å². The van der Waals surface area contributed by atoms with Gasteiger partial charge in [0.25, 0.3) is 0 Å². The van der Waals surface area contributed by atoms with E-state index >= 15 is 0 Å². The minimum absolute atomic E-state index is 0.0256. The first-order valence-electron chi connectivity index (χ1n) is 9.66. The second kappa shape index (κ2) is 7.64. The molecule has 2 heterocycles. The van der Waals surface area contributed by atoms with Crippen LogP contribution < -0.4 is 5.32 Å². The Balaban J connectivity index is 1.63. The number of rotatable bonds is 5. The van der Waals surface area contributed by atoms with E-state index in [9.17, 15) is 14.7 Å². The van der Waals surface area contributed by atoms with E-state index in [2.05, 4.69) is 5.32 Å². The largest absolute Gasteiger partial charge is 0.480 e. The Morgan fingerprint density at radius 2 is 1.86 bits per heavy atom. The van der Waals surface area contributed by atoms with Gasteiger partial charge < -0.3 is 14.8 Å². The van der Waals surface area contributed by atoms with Crippen LogP contribution >= 0.6 is 0 Å². The van der Waals surface area contributed by atoms with Crippen molar-refractivity contribution in [1.29, 1.82) is 0 Å². The van der Waals surface area contributed by atoms with Crippen molar-refractivity contribution in [2.24, 2.45) is 5.92 Å². The minimum Gasteiger partial charge on any atom is -0.480 e. The molecule has 1 aromatic heterocycles. The van der Waals surface area contributed by atoms with Crippen molar-refractivity contribution in [3.63, 3.8) is 0 Å². The van der Waals surface area contributed by atoms with Crippen LogP contribution in [0.5, 0.6) is 0 Å².